The molecule has 0 radical (unpaired) electrons. The molecule has 0 atom stereocenters. The SMILES string of the molecule is CCCCc1ccc(N)cc1.c1c[nH]nn1. The number of H-pyrrole nitrogens is 1. The fraction of sp³-hybridized carbons (Fsp3) is 0.333. The molecule has 2 aromatic rings. The molecule has 4 nitrogen and oxygen atoms in total. The zero-order valence-electron chi connectivity index (χ0n) is 9.56. The summed E-state index contributed by atoms with van der Waals surface area (Å²) in [4.78, 5) is 0. The van der Waals surface area contributed by atoms with E-state index in [-0.39, 0.29) is 0 Å². The van der Waals surface area contributed by atoms with Gasteiger partial charge in [0.1, 0.15) is 0 Å². The van der Waals surface area contributed by atoms with Crippen LogP contribution in [0, 0.1) is 0 Å². The second-order valence-corrected chi connectivity index (χ2v) is 3.51. The average Bonchev–Trinajstić information content (AvgIpc) is 2.87. The predicted octanol–water partition coefficient (Wildman–Crippen LogP) is 2.42. The third kappa shape index (κ3) is 5.14. The maximum absolute atomic E-state index is 5.56. The molecule has 1 heterocycles. The third-order valence-electron chi connectivity index (χ3n) is 2.13. The summed E-state index contributed by atoms with van der Waals surface area (Å²) < 4.78 is 0. The third-order valence-corrected chi connectivity index (χ3v) is 2.13. The van der Waals surface area contributed by atoms with Gasteiger partial charge in [0.2, 0.25) is 0 Å². The summed E-state index contributed by atoms with van der Waals surface area (Å²) in [6.07, 6.45) is 6.94. The van der Waals surface area contributed by atoms with E-state index >= 15 is 0 Å². The van der Waals surface area contributed by atoms with Gasteiger partial charge in [-0.25, -0.2) is 0 Å². The van der Waals surface area contributed by atoms with Crippen molar-refractivity contribution in [1.82, 2.24) is 15.4 Å². The molecule has 0 bridgehead atoms. The fourth-order valence-electron chi connectivity index (χ4n) is 1.23. The van der Waals surface area contributed by atoms with Crippen molar-refractivity contribution in [1.29, 1.82) is 0 Å². The van der Waals surface area contributed by atoms with Crippen molar-refractivity contribution in [2.45, 2.75) is 26.2 Å². The molecule has 3 N–H and O–H groups in total. The van der Waals surface area contributed by atoms with Gasteiger partial charge in [0, 0.05) is 11.9 Å². The quantitative estimate of drug-likeness (QED) is 0.777. The van der Waals surface area contributed by atoms with Crippen molar-refractivity contribution in [3.8, 4) is 0 Å². The molecule has 0 aliphatic carbocycles. The molecule has 0 saturated carbocycles. The van der Waals surface area contributed by atoms with E-state index < -0.39 is 0 Å². The zero-order valence-corrected chi connectivity index (χ0v) is 9.56. The highest BCUT2D eigenvalue weighted by atomic mass is 15.3. The van der Waals surface area contributed by atoms with Gasteiger partial charge in [-0.3, -0.25) is 5.10 Å². The van der Waals surface area contributed by atoms with Gasteiger partial charge in [-0.05, 0) is 30.5 Å². The number of anilines is 1. The number of nitrogens with one attached hydrogen (secondary N) is 1. The van der Waals surface area contributed by atoms with Crippen molar-refractivity contribution >= 4 is 5.69 Å². The van der Waals surface area contributed by atoms with Gasteiger partial charge in [-0.2, -0.15) is 0 Å². The second-order valence-electron chi connectivity index (χ2n) is 3.51. The van der Waals surface area contributed by atoms with E-state index in [0.717, 1.165) is 5.69 Å². The summed E-state index contributed by atoms with van der Waals surface area (Å²) in [5.74, 6) is 0. The van der Waals surface area contributed by atoms with Crippen molar-refractivity contribution in [2.75, 3.05) is 5.73 Å². The van der Waals surface area contributed by atoms with E-state index in [2.05, 4.69) is 34.5 Å². The van der Waals surface area contributed by atoms with Crippen molar-refractivity contribution in [3.63, 3.8) is 0 Å². The van der Waals surface area contributed by atoms with Crippen LogP contribution in [0.5, 0.6) is 0 Å². The molecule has 1 aromatic heterocycles. The summed E-state index contributed by atoms with van der Waals surface area (Å²) in [5.41, 5.74) is 7.80. The van der Waals surface area contributed by atoms with Crippen molar-refractivity contribution < 1.29 is 0 Å². The molecule has 0 saturated heterocycles. The predicted molar refractivity (Wildman–Crippen MR) is 65.8 cm³/mol. The second kappa shape index (κ2) is 7.45. The highest BCUT2D eigenvalue weighted by Crippen LogP contribution is 2.08. The topological polar surface area (TPSA) is 67.6 Å². The smallest absolute Gasteiger partial charge is 0.0690 e. The number of aryl methyl sites for hydroxylation is 1. The first kappa shape index (κ1) is 12.2. The Morgan fingerprint density at radius 2 is 2.00 bits per heavy atom. The average molecular weight is 218 g/mol. The molecule has 4 heteroatoms. The maximum atomic E-state index is 5.56. The number of nitrogens with zero attached hydrogens (tertiary/aromatic N) is 2. The monoisotopic (exact) mass is 218 g/mol. The summed E-state index contributed by atoms with van der Waals surface area (Å²) in [7, 11) is 0. The molecule has 0 fully saturated rings. The molecule has 0 amide bonds. The molecule has 16 heavy (non-hydrogen) atoms. The Morgan fingerprint density at radius 1 is 1.25 bits per heavy atom. The van der Waals surface area contributed by atoms with E-state index in [1.807, 2.05) is 12.1 Å². The van der Waals surface area contributed by atoms with Crippen LogP contribution in [0.4, 0.5) is 5.69 Å². The Hall–Kier alpha value is -1.84. The fourth-order valence-corrected chi connectivity index (χ4v) is 1.23. The van der Waals surface area contributed by atoms with Crippen LogP contribution in [0.15, 0.2) is 36.7 Å². The number of nitrogens with two attached hydrogens (primary N) is 1. The van der Waals surface area contributed by atoms with Gasteiger partial charge in [-0.15, -0.1) is 5.10 Å². The number of benzene rings is 1. The molecule has 2 rings (SSSR count). The van der Waals surface area contributed by atoms with Crippen LogP contribution in [-0.2, 0) is 6.42 Å². The summed E-state index contributed by atoms with van der Waals surface area (Å²) in [6, 6.07) is 8.13. The summed E-state index contributed by atoms with van der Waals surface area (Å²) in [5, 5.41) is 9.26. The van der Waals surface area contributed by atoms with Crippen LogP contribution in [0.1, 0.15) is 25.3 Å². The first-order valence-electron chi connectivity index (χ1n) is 5.47. The summed E-state index contributed by atoms with van der Waals surface area (Å²) >= 11 is 0. The van der Waals surface area contributed by atoms with Crippen LogP contribution in [-0.4, -0.2) is 15.4 Å². The van der Waals surface area contributed by atoms with Crippen LogP contribution in [0.2, 0.25) is 0 Å². The van der Waals surface area contributed by atoms with Gasteiger partial charge < -0.3 is 5.73 Å². The van der Waals surface area contributed by atoms with E-state index in [1.165, 1.54) is 24.8 Å². The lowest BCUT2D eigenvalue weighted by Gasteiger charge is -1.99. The highest BCUT2D eigenvalue weighted by molar-refractivity contribution is 5.39. The molecule has 86 valence electrons. The van der Waals surface area contributed by atoms with Crippen LogP contribution in [0.3, 0.4) is 0 Å². The summed E-state index contributed by atoms with van der Waals surface area (Å²) in [6.45, 7) is 2.21. The lowest BCUT2D eigenvalue weighted by Crippen LogP contribution is -1.87. The number of hydrogen-bond acceptors (Lipinski definition) is 3. The maximum Gasteiger partial charge on any atom is 0.0690 e. The minimum Gasteiger partial charge on any atom is -0.399 e. The zero-order chi connectivity index (χ0) is 11.6. The minimum absolute atomic E-state index is 0.852. The first-order valence-corrected chi connectivity index (χ1v) is 5.47. The molecule has 0 unspecified atom stereocenters. The Bertz CT molecular complexity index is 336. The molecule has 0 aliphatic rings. The lowest BCUT2D eigenvalue weighted by atomic mass is 10.1. The minimum atomic E-state index is 0.852. The largest absolute Gasteiger partial charge is 0.399 e. The van der Waals surface area contributed by atoms with Crippen molar-refractivity contribution in [3.05, 3.63) is 42.2 Å². The Balaban J connectivity index is 0.000000212. The Kier molecular flexibility index (Phi) is 5.70. The van der Waals surface area contributed by atoms with Gasteiger partial charge in [-0.1, -0.05) is 30.7 Å². The molecule has 0 aliphatic heterocycles. The van der Waals surface area contributed by atoms with E-state index in [9.17, 15) is 0 Å². The van der Waals surface area contributed by atoms with Gasteiger partial charge in [0.05, 0.1) is 6.20 Å². The lowest BCUT2D eigenvalue weighted by molar-refractivity contribution is 0.795. The molecular weight excluding hydrogens is 200 g/mol. The number of nitrogen functional groups attached to an aromatic ring is 1. The number of rotatable bonds is 3. The normalized spacial score (nSPS) is 9.31. The van der Waals surface area contributed by atoms with E-state index in [0.29, 0.717) is 0 Å². The van der Waals surface area contributed by atoms with E-state index in [4.69, 9.17) is 5.73 Å². The number of hydrogen-bond donors (Lipinski definition) is 2. The van der Waals surface area contributed by atoms with Crippen LogP contribution < -0.4 is 5.73 Å². The number of aromatic amines is 1. The number of aromatic nitrogens is 3. The molecule has 1 aromatic carbocycles. The first-order chi connectivity index (χ1) is 7.83. The Morgan fingerprint density at radius 3 is 2.44 bits per heavy atom. The number of unbranched alkanes of at least 4 members (excludes halogenated alkanes) is 1. The van der Waals surface area contributed by atoms with E-state index in [1.54, 1.807) is 12.4 Å². The molecule has 0 spiro atoms. The highest BCUT2D eigenvalue weighted by Gasteiger charge is 1.90. The molecular formula is C12H18N4. The van der Waals surface area contributed by atoms with Gasteiger partial charge >= 0.3 is 0 Å². The Labute approximate surface area is 95.9 Å². The van der Waals surface area contributed by atoms with Gasteiger partial charge in [0.15, 0.2) is 0 Å². The van der Waals surface area contributed by atoms with Gasteiger partial charge in [0.25, 0.3) is 0 Å². The standard InChI is InChI=1S/C10H15N.C2H3N3/c1-2-3-4-9-5-7-10(11)8-6-9;1-2-4-5-3-1/h5-8H,2-4,11H2,1H3;1-2H,(H,3,4,5). The van der Waals surface area contributed by atoms with Crippen LogP contribution in [0.25, 0.3) is 0 Å². The van der Waals surface area contributed by atoms with Crippen LogP contribution >= 0.6 is 0 Å². The van der Waals surface area contributed by atoms with Crippen molar-refractivity contribution in [2.24, 2.45) is 0 Å².